The van der Waals surface area contributed by atoms with Crippen molar-refractivity contribution >= 4 is 37.9 Å². The summed E-state index contributed by atoms with van der Waals surface area (Å²) in [6.07, 6.45) is 0. The minimum Gasteiger partial charge on any atom is -0.456 e. The molecular weight excluding hydrogens is 266 g/mol. The van der Waals surface area contributed by atoms with E-state index in [1.165, 1.54) is 0 Å². The van der Waals surface area contributed by atoms with E-state index in [1.54, 1.807) is 12.1 Å². The Hall–Kier alpha value is -1.79. The van der Waals surface area contributed by atoms with Gasteiger partial charge in [0.15, 0.2) is 0 Å². The summed E-state index contributed by atoms with van der Waals surface area (Å²) in [5.74, 6) is 0. The Labute approximate surface area is 100 Å². The number of fused-ring (bicyclic) bond motifs is 3. The zero-order valence-corrected chi connectivity index (χ0v) is 9.78. The van der Waals surface area contributed by atoms with Gasteiger partial charge in [0.1, 0.15) is 11.2 Å². The van der Waals surface area contributed by atoms with E-state index in [2.05, 4.69) is 22.0 Å². The summed E-state index contributed by atoms with van der Waals surface area (Å²) in [6.45, 7) is 0. The van der Waals surface area contributed by atoms with Crippen molar-refractivity contribution in [2.75, 3.05) is 0 Å². The third-order valence-corrected chi connectivity index (χ3v) is 3.06. The molecule has 76 valence electrons. The summed E-state index contributed by atoms with van der Waals surface area (Å²) in [5, 5.41) is 10.9. The zero-order chi connectivity index (χ0) is 11.1. The number of benzene rings is 2. The maximum absolute atomic E-state index is 8.82. The lowest BCUT2D eigenvalue weighted by Gasteiger charge is -1.90. The van der Waals surface area contributed by atoms with E-state index >= 15 is 0 Å². The highest BCUT2D eigenvalue weighted by molar-refractivity contribution is 9.10. The lowest BCUT2D eigenvalue weighted by Crippen LogP contribution is -1.71. The molecule has 3 rings (SSSR count). The maximum Gasteiger partial charge on any atom is 0.136 e. The van der Waals surface area contributed by atoms with Gasteiger partial charge in [-0.05, 0) is 36.4 Å². The van der Waals surface area contributed by atoms with E-state index in [0.717, 1.165) is 26.4 Å². The third kappa shape index (κ3) is 1.31. The molecule has 0 spiro atoms. The van der Waals surface area contributed by atoms with E-state index < -0.39 is 0 Å². The van der Waals surface area contributed by atoms with Gasteiger partial charge in [0.25, 0.3) is 0 Å². The van der Waals surface area contributed by atoms with Crippen LogP contribution in [0.15, 0.2) is 45.3 Å². The van der Waals surface area contributed by atoms with Crippen LogP contribution in [0.3, 0.4) is 0 Å². The van der Waals surface area contributed by atoms with Crippen LogP contribution < -0.4 is 0 Å². The van der Waals surface area contributed by atoms with E-state index in [4.69, 9.17) is 9.68 Å². The largest absolute Gasteiger partial charge is 0.456 e. The van der Waals surface area contributed by atoms with Crippen molar-refractivity contribution in [2.24, 2.45) is 0 Å². The minimum atomic E-state index is 0.616. The van der Waals surface area contributed by atoms with E-state index in [1.807, 2.05) is 24.3 Å². The SMILES string of the molecule is N#Cc1ccc2c(c1)oc1cc(Br)ccc12. The highest BCUT2D eigenvalue weighted by Gasteiger charge is 2.07. The second kappa shape index (κ2) is 3.36. The van der Waals surface area contributed by atoms with Crippen LogP contribution in [0.2, 0.25) is 0 Å². The normalized spacial score (nSPS) is 10.8. The summed E-state index contributed by atoms with van der Waals surface area (Å²) in [5.41, 5.74) is 2.21. The van der Waals surface area contributed by atoms with Gasteiger partial charge in [-0.2, -0.15) is 5.26 Å². The molecule has 0 radical (unpaired) electrons. The molecule has 0 fully saturated rings. The first-order valence-electron chi connectivity index (χ1n) is 4.80. The van der Waals surface area contributed by atoms with Crippen LogP contribution in [0.25, 0.3) is 21.9 Å². The molecule has 0 unspecified atom stereocenters. The van der Waals surface area contributed by atoms with Crippen LogP contribution in [0.1, 0.15) is 5.56 Å². The molecule has 0 aliphatic carbocycles. The fourth-order valence-electron chi connectivity index (χ4n) is 1.82. The van der Waals surface area contributed by atoms with Crippen LogP contribution in [-0.2, 0) is 0 Å². The van der Waals surface area contributed by atoms with Gasteiger partial charge < -0.3 is 4.42 Å². The van der Waals surface area contributed by atoms with E-state index in [0.29, 0.717) is 5.56 Å². The van der Waals surface area contributed by atoms with Gasteiger partial charge in [-0.25, -0.2) is 0 Å². The minimum absolute atomic E-state index is 0.616. The second-order valence-corrected chi connectivity index (χ2v) is 4.48. The first kappa shape index (κ1) is 9.44. The third-order valence-electron chi connectivity index (χ3n) is 2.56. The number of nitrogens with zero attached hydrogens (tertiary/aromatic N) is 1. The molecule has 1 aromatic heterocycles. The highest BCUT2D eigenvalue weighted by Crippen LogP contribution is 2.30. The van der Waals surface area contributed by atoms with Gasteiger partial charge in [-0.3, -0.25) is 0 Å². The van der Waals surface area contributed by atoms with Gasteiger partial charge in [-0.15, -0.1) is 0 Å². The van der Waals surface area contributed by atoms with Crippen molar-refractivity contribution in [2.45, 2.75) is 0 Å². The molecule has 2 nitrogen and oxygen atoms in total. The molecule has 0 amide bonds. The lowest BCUT2D eigenvalue weighted by atomic mass is 10.1. The van der Waals surface area contributed by atoms with Crippen molar-refractivity contribution in [3.63, 3.8) is 0 Å². The molecule has 16 heavy (non-hydrogen) atoms. The van der Waals surface area contributed by atoms with Gasteiger partial charge in [0.05, 0.1) is 11.6 Å². The number of hydrogen-bond donors (Lipinski definition) is 0. The van der Waals surface area contributed by atoms with E-state index in [9.17, 15) is 0 Å². The Kier molecular flexibility index (Phi) is 1.98. The molecule has 0 N–H and O–H groups in total. The van der Waals surface area contributed by atoms with Gasteiger partial charge in [0, 0.05) is 15.2 Å². The molecular formula is C13H6BrNO. The average molecular weight is 272 g/mol. The second-order valence-electron chi connectivity index (χ2n) is 3.57. The number of furan rings is 1. The smallest absolute Gasteiger partial charge is 0.136 e. The fourth-order valence-corrected chi connectivity index (χ4v) is 2.16. The summed E-state index contributed by atoms with van der Waals surface area (Å²) in [7, 11) is 0. The topological polar surface area (TPSA) is 36.9 Å². The van der Waals surface area contributed by atoms with Gasteiger partial charge >= 0.3 is 0 Å². The van der Waals surface area contributed by atoms with Crippen LogP contribution in [0.5, 0.6) is 0 Å². The zero-order valence-electron chi connectivity index (χ0n) is 8.20. The first-order valence-corrected chi connectivity index (χ1v) is 5.59. The number of halogens is 1. The summed E-state index contributed by atoms with van der Waals surface area (Å²) < 4.78 is 6.68. The molecule has 0 atom stereocenters. The standard InChI is InChI=1S/C13H6BrNO/c14-9-2-4-11-10-3-1-8(7-15)5-12(10)16-13(11)6-9/h1-6H. The maximum atomic E-state index is 8.82. The lowest BCUT2D eigenvalue weighted by molar-refractivity contribution is 0.668. The van der Waals surface area contributed by atoms with Crippen molar-refractivity contribution in [3.8, 4) is 6.07 Å². The van der Waals surface area contributed by atoms with Crippen LogP contribution in [-0.4, -0.2) is 0 Å². The Balaban J connectivity index is 2.46. The molecule has 1 heterocycles. The Morgan fingerprint density at radius 1 is 1.00 bits per heavy atom. The van der Waals surface area contributed by atoms with Crippen molar-refractivity contribution in [3.05, 3.63) is 46.4 Å². The first-order chi connectivity index (χ1) is 7.78. The predicted molar refractivity (Wildman–Crippen MR) is 66.1 cm³/mol. The molecule has 2 aromatic carbocycles. The Morgan fingerprint density at radius 3 is 2.44 bits per heavy atom. The number of nitriles is 1. The molecule has 0 saturated carbocycles. The van der Waals surface area contributed by atoms with Crippen molar-refractivity contribution in [1.82, 2.24) is 0 Å². The number of hydrogen-bond acceptors (Lipinski definition) is 2. The summed E-state index contributed by atoms with van der Waals surface area (Å²) >= 11 is 3.41. The quantitative estimate of drug-likeness (QED) is 0.614. The van der Waals surface area contributed by atoms with Crippen molar-refractivity contribution < 1.29 is 4.42 Å². The Bertz CT molecular complexity index is 737. The molecule has 3 aromatic rings. The van der Waals surface area contributed by atoms with E-state index in [-0.39, 0.29) is 0 Å². The molecule has 0 aliphatic heterocycles. The monoisotopic (exact) mass is 271 g/mol. The molecule has 0 bridgehead atoms. The Morgan fingerprint density at radius 2 is 1.69 bits per heavy atom. The fraction of sp³-hybridized carbons (Fsp3) is 0. The highest BCUT2D eigenvalue weighted by atomic mass is 79.9. The summed E-state index contributed by atoms with van der Waals surface area (Å²) in [4.78, 5) is 0. The van der Waals surface area contributed by atoms with Crippen LogP contribution in [0, 0.1) is 11.3 Å². The average Bonchev–Trinajstić information content (AvgIpc) is 2.64. The van der Waals surface area contributed by atoms with Gasteiger partial charge in [-0.1, -0.05) is 15.9 Å². The molecule has 3 heteroatoms. The van der Waals surface area contributed by atoms with Crippen molar-refractivity contribution in [1.29, 1.82) is 5.26 Å². The van der Waals surface area contributed by atoms with Gasteiger partial charge in [0.2, 0.25) is 0 Å². The molecule has 0 saturated heterocycles. The number of rotatable bonds is 0. The summed E-state index contributed by atoms with van der Waals surface area (Å²) in [6, 6.07) is 13.5. The van der Waals surface area contributed by atoms with Crippen LogP contribution >= 0.6 is 15.9 Å². The molecule has 0 aliphatic rings. The van der Waals surface area contributed by atoms with Crippen LogP contribution in [0.4, 0.5) is 0 Å². The predicted octanol–water partition coefficient (Wildman–Crippen LogP) is 4.22.